The van der Waals surface area contributed by atoms with E-state index in [1.54, 1.807) is 36.4 Å². The molecule has 3 N–H and O–H groups in total. The van der Waals surface area contributed by atoms with Crippen LogP contribution in [0.25, 0.3) is 0 Å². The molecular formula is C15H14ClFN2O2. The van der Waals surface area contributed by atoms with Gasteiger partial charge in [0.05, 0.1) is 10.6 Å². The van der Waals surface area contributed by atoms with Crippen LogP contribution in [0.1, 0.15) is 10.4 Å². The molecule has 4 nitrogen and oxygen atoms in total. The van der Waals surface area contributed by atoms with Gasteiger partial charge in [0.2, 0.25) is 5.91 Å². The highest BCUT2D eigenvalue weighted by molar-refractivity contribution is 6.34. The first-order valence-corrected chi connectivity index (χ1v) is 6.66. The Morgan fingerprint density at radius 2 is 2.05 bits per heavy atom. The average Bonchev–Trinajstić information content (AvgIpc) is 2.45. The van der Waals surface area contributed by atoms with Gasteiger partial charge < -0.3 is 15.8 Å². The smallest absolute Gasteiger partial charge is 0.250 e. The van der Waals surface area contributed by atoms with Gasteiger partial charge in [-0.1, -0.05) is 23.7 Å². The largest absolute Gasteiger partial charge is 0.489 e. The Kier molecular flexibility index (Phi) is 5.00. The molecule has 0 unspecified atom stereocenters. The predicted molar refractivity (Wildman–Crippen MR) is 80.4 cm³/mol. The number of halogens is 2. The third kappa shape index (κ3) is 4.10. The van der Waals surface area contributed by atoms with E-state index in [0.717, 1.165) is 5.69 Å². The number of rotatable bonds is 6. The lowest BCUT2D eigenvalue weighted by atomic mass is 10.2. The monoisotopic (exact) mass is 308 g/mol. The Hall–Kier alpha value is -2.27. The van der Waals surface area contributed by atoms with Crippen molar-refractivity contribution in [3.8, 4) is 5.75 Å². The van der Waals surface area contributed by atoms with Gasteiger partial charge in [0, 0.05) is 12.2 Å². The summed E-state index contributed by atoms with van der Waals surface area (Å²) >= 11 is 5.93. The van der Waals surface area contributed by atoms with E-state index >= 15 is 0 Å². The molecule has 0 heterocycles. The summed E-state index contributed by atoms with van der Waals surface area (Å²) in [6.45, 7) is 0.747. The lowest BCUT2D eigenvalue weighted by Crippen LogP contribution is -2.13. The fourth-order valence-electron chi connectivity index (χ4n) is 1.74. The van der Waals surface area contributed by atoms with E-state index in [9.17, 15) is 9.18 Å². The second-order valence-corrected chi connectivity index (χ2v) is 4.67. The zero-order chi connectivity index (χ0) is 15.2. The lowest BCUT2D eigenvalue weighted by molar-refractivity contribution is 0.100. The number of nitrogens with one attached hydrogen (secondary N) is 1. The molecule has 6 heteroatoms. The number of hydrogen-bond donors (Lipinski definition) is 2. The van der Waals surface area contributed by atoms with Gasteiger partial charge in [-0.15, -0.1) is 0 Å². The van der Waals surface area contributed by atoms with E-state index in [0.29, 0.717) is 6.54 Å². The van der Waals surface area contributed by atoms with Crippen LogP contribution >= 0.6 is 11.6 Å². The highest BCUT2D eigenvalue weighted by atomic mass is 35.5. The topological polar surface area (TPSA) is 64.4 Å². The standard InChI is InChI=1S/C15H14ClFN2O2/c16-12-9-10(5-6-11(12)15(18)20)19-7-8-21-14-4-2-1-3-13(14)17/h1-6,9,19H,7-8H2,(H2,18,20). The van der Waals surface area contributed by atoms with Crippen LogP contribution in [0.3, 0.4) is 0 Å². The van der Waals surface area contributed by atoms with E-state index < -0.39 is 11.7 Å². The van der Waals surface area contributed by atoms with Crippen LogP contribution in [-0.4, -0.2) is 19.1 Å². The number of primary amides is 1. The number of benzene rings is 2. The molecule has 0 atom stereocenters. The van der Waals surface area contributed by atoms with Gasteiger partial charge in [0.15, 0.2) is 11.6 Å². The van der Waals surface area contributed by atoms with Gasteiger partial charge in [-0.3, -0.25) is 4.79 Å². The summed E-state index contributed by atoms with van der Waals surface area (Å²) in [6, 6.07) is 11.0. The third-order valence-electron chi connectivity index (χ3n) is 2.76. The maximum absolute atomic E-state index is 13.3. The quantitative estimate of drug-likeness (QED) is 0.806. The number of carbonyl (C=O) groups excluding carboxylic acids is 1. The molecule has 0 radical (unpaired) electrons. The fourth-order valence-corrected chi connectivity index (χ4v) is 2.02. The number of amides is 1. The molecule has 110 valence electrons. The van der Waals surface area contributed by atoms with Crippen LogP contribution in [0.15, 0.2) is 42.5 Å². The number of anilines is 1. The average molecular weight is 309 g/mol. The number of para-hydroxylation sites is 1. The van der Waals surface area contributed by atoms with Crippen molar-refractivity contribution in [3.63, 3.8) is 0 Å². The summed E-state index contributed by atoms with van der Waals surface area (Å²) < 4.78 is 18.6. The summed E-state index contributed by atoms with van der Waals surface area (Å²) in [6.07, 6.45) is 0. The Morgan fingerprint density at radius 3 is 2.71 bits per heavy atom. The number of hydrogen-bond acceptors (Lipinski definition) is 3. The van der Waals surface area contributed by atoms with Crippen LogP contribution in [-0.2, 0) is 0 Å². The van der Waals surface area contributed by atoms with Crippen molar-refractivity contribution >= 4 is 23.2 Å². The zero-order valence-corrected chi connectivity index (χ0v) is 11.9. The molecule has 2 aromatic rings. The van der Waals surface area contributed by atoms with E-state index in [1.165, 1.54) is 6.07 Å². The highest BCUT2D eigenvalue weighted by Crippen LogP contribution is 2.20. The maximum Gasteiger partial charge on any atom is 0.250 e. The van der Waals surface area contributed by atoms with Gasteiger partial charge in [-0.05, 0) is 30.3 Å². The minimum absolute atomic E-state index is 0.210. The molecule has 2 aromatic carbocycles. The van der Waals surface area contributed by atoms with E-state index in [2.05, 4.69) is 5.32 Å². The minimum atomic E-state index is -0.575. The van der Waals surface area contributed by atoms with Crippen LogP contribution in [0.2, 0.25) is 5.02 Å². The fraction of sp³-hybridized carbons (Fsp3) is 0.133. The summed E-state index contributed by atoms with van der Waals surface area (Å²) in [5.74, 6) is -0.762. The molecular weight excluding hydrogens is 295 g/mol. The Bertz CT molecular complexity index is 649. The van der Waals surface area contributed by atoms with Gasteiger partial charge in [-0.2, -0.15) is 0 Å². The van der Waals surface area contributed by atoms with Gasteiger partial charge >= 0.3 is 0 Å². The molecule has 2 rings (SSSR count). The third-order valence-corrected chi connectivity index (χ3v) is 3.07. The van der Waals surface area contributed by atoms with E-state index in [4.69, 9.17) is 22.1 Å². The molecule has 0 bridgehead atoms. The van der Waals surface area contributed by atoms with Crippen molar-refractivity contribution in [1.29, 1.82) is 0 Å². The van der Waals surface area contributed by atoms with E-state index in [-0.39, 0.29) is 22.9 Å². The molecule has 1 amide bonds. The summed E-state index contributed by atoms with van der Waals surface area (Å²) in [5, 5.41) is 3.34. The van der Waals surface area contributed by atoms with Gasteiger partial charge in [-0.25, -0.2) is 4.39 Å². The van der Waals surface area contributed by atoms with Crippen LogP contribution in [0.5, 0.6) is 5.75 Å². The molecule has 0 aliphatic heterocycles. The molecule has 0 saturated carbocycles. The molecule has 0 fully saturated rings. The summed E-state index contributed by atoms with van der Waals surface area (Å²) in [4.78, 5) is 11.0. The Morgan fingerprint density at radius 1 is 1.29 bits per heavy atom. The number of carbonyl (C=O) groups is 1. The van der Waals surface area contributed by atoms with Crippen molar-refractivity contribution in [2.45, 2.75) is 0 Å². The number of nitrogens with two attached hydrogens (primary N) is 1. The van der Waals surface area contributed by atoms with Crippen LogP contribution in [0, 0.1) is 5.82 Å². The summed E-state index contributed by atoms with van der Waals surface area (Å²) in [7, 11) is 0. The first-order chi connectivity index (χ1) is 10.1. The van der Waals surface area contributed by atoms with Crippen molar-refractivity contribution in [1.82, 2.24) is 0 Å². The van der Waals surface area contributed by atoms with Crippen molar-refractivity contribution in [2.75, 3.05) is 18.5 Å². The highest BCUT2D eigenvalue weighted by Gasteiger charge is 2.07. The molecule has 0 aliphatic carbocycles. The predicted octanol–water partition coefficient (Wildman–Crippen LogP) is 3.07. The zero-order valence-electron chi connectivity index (χ0n) is 11.1. The summed E-state index contributed by atoms with van der Waals surface area (Å²) in [5.41, 5.74) is 6.16. The Labute approximate surface area is 126 Å². The first-order valence-electron chi connectivity index (χ1n) is 6.28. The minimum Gasteiger partial charge on any atom is -0.489 e. The Balaban J connectivity index is 1.85. The van der Waals surface area contributed by atoms with Crippen LogP contribution < -0.4 is 15.8 Å². The molecule has 0 saturated heterocycles. The second kappa shape index (κ2) is 6.95. The maximum atomic E-state index is 13.3. The molecule has 0 spiro atoms. The molecule has 0 aromatic heterocycles. The normalized spacial score (nSPS) is 10.2. The molecule has 21 heavy (non-hydrogen) atoms. The molecule has 0 aliphatic rings. The van der Waals surface area contributed by atoms with Crippen LogP contribution in [0.4, 0.5) is 10.1 Å². The van der Waals surface area contributed by atoms with Gasteiger partial charge in [0.25, 0.3) is 0 Å². The first kappa shape index (κ1) is 15.1. The second-order valence-electron chi connectivity index (χ2n) is 4.26. The van der Waals surface area contributed by atoms with Gasteiger partial charge in [0.1, 0.15) is 6.61 Å². The number of ether oxygens (including phenoxy) is 1. The van der Waals surface area contributed by atoms with E-state index in [1.807, 2.05) is 0 Å². The van der Waals surface area contributed by atoms with Crippen molar-refractivity contribution in [2.24, 2.45) is 5.73 Å². The SMILES string of the molecule is NC(=O)c1ccc(NCCOc2ccccc2F)cc1Cl. The lowest BCUT2D eigenvalue weighted by Gasteiger charge is -2.10. The van der Waals surface area contributed by atoms with Crippen molar-refractivity contribution in [3.05, 3.63) is 58.9 Å². The van der Waals surface area contributed by atoms with Crippen molar-refractivity contribution < 1.29 is 13.9 Å².